The Bertz CT molecular complexity index is 374. The molecule has 0 aromatic carbocycles. The first-order chi connectivity index (χ1) is 6.75. The zero-order valence-corrected chi connectivity index (χ0v) is 7.29. The molecule has 1 heterocycles. The van der Waals surface area contributed by atoms with Crippen molar-refractivity contribution in [2.45, 2.75) is 6.42 Å². The van der Waals surface area contributed by atoms with Crippen LogP contribution in [-0.4, -0.2) is 16.2 Å². The van der Waals surface area contributed by atoms with E-state index in [-0.39, 0.29) is 17.8 Å². The van der Waals surface area contributed by atoms with E-state index in [0.717, 1.165) is 0 Å². The summed E-state index contributed by atoms with van der Waals surface area (Å²) in [4.78, 5) is 23.8. The Kier molecular flexibility index (Phi) is 3.49. The number of rotatable bonds is 4. The summed E-state index contributed by atoms with van der Waals surface area (Å²) < 4.78 is 0. The number of carbonyl (C=O) groups is 1. The second-order valence-corrected chi connectivity index (χ2v) is 2.47. The molecule has 0 atom stereocenters. The van der Waals surface area contributed by atoms with Gasteiger partial charge in [-0.25, -0.2) is 4.98 Å². The van der Waals surface area contributed by atoms with Crippen molar-refractivity contribution >= 4 is 18.0 Å². The molecule has 14 heavy (non-hydrogen) atoms. The first-order valence-electron chi connectivity index (χ1n) is 3.95. The Morgan fingerprint density at radius 2 is 2.36 bits per heavy atom. The number of hydrogen-bond acceptors (Lipinski definition) is 4. The Balaban J connectivity index is 2.95. The summed E-state index contributed by atoms with van der Waals surface area (Å²) in [6, 6.07) is 2.86. The molecule has 0 saturated heterocycles. The van der Waals surface area contributed by atoms with Gasteiger partial charge in [0.15, 0.2) is 0 Å². The van der Waals surface area contributed by atoms with Crippen LogP contribution in [-0.2, 0) is 4.79 Å². The van der Waals surface area contributed by atoms with Crippen molar-refractivity contribution < 1.29 is 9.72 Å². The molecule has 0 aliphatic rings. The van der Waals surface area contributed by atoms with Gasteiger partial charge in [0.2, 0.25) is 0 Å². The Hall–Kier alpha value is -2.04. The number of carbonyl (C=O) groups excluding carboxylic acids is 1. The third-order valence-corrected chi connectivity index (χ3v) is 1.52. The molecule has 0 aliphatic carbocycles. The van der Waals surface area contributed by atoms with E-state index < -0.39 is 4.92 Å². The lowest BCUT2D eigenvalue weighted by Crippen LogP contribution is -1.93. The quantitative estimate of drug-likeness (QED) is 0.412. The highest BCUT2D eigenvalue weighted by Crippen LogP contribution is 2.16. The van der Waals surface area contributed by atoms with Gasteiger partial charge in [0.25, 0.3) is 5.69 Å². The van der Waals surface area contributed by atoms with E-state index in [1.165, 1.54) is 30.5 Å². The largest absolute Gasteiger partial charge is 0.303 e. The molecule has 5 heteroatoms. The molecule has 72 valence electrons. The van der Waals surface area contributed by atoms with E-state index in [0.29, 0.717) is 6.29 Å². The van der Waals surface area contributed by atoms with Gasteiger partial charge in [-0.3, -0.25) is 10.1 Å². The van der Waals surface area contributed by atoms with Crippen LogP contribution in [0.4, 0.5) is 5.69 Å². The maximum absolute atomic E-state index is 10.5. The standard InChI is InChI=1S/C9H8N2O3/c12-7-2-1-4-8-9(11(13)14)5-3-6-10-8/h1,3-7H,2H2. The van der Waals surface area contributed by atoms with Crippen LogP contribution >= 0.6 is 0 Å². The number of nitrogens with zero attached hydrogens (tertiary/aromatic N) is 2. The fourth-order valence-corrected chi connectivity index (χ4v) is 0.927. The summed E-state index contributed by atoms with van der Waals surface area (Å²) in [5, 5.41) is 10.5. The lowest BCUT2D eigenvalue weighted by molar-refractivity contribution is -0.385. The first kappa shape index (κ1) is 10.0. The monoisotopic (exact) mass is 192 g/mol. The van der Waals surface area contributed by atoms with Crippen molar-refractivity contribution in [3.05, 3.63) is 40.2 Å². The SMILES string of the molecule is O=CCC=Cc1ncccc1[N+](=O)[O-]. The maximum Gasteiger partial charge on any atom is 0.294 e. The molecule has 0 fully saturated rings. The van der Waals surface area contributed by atoms with Crippen LogP contribution in [0.3, 0.4) is 0 Å². The Morgan fingerprint density at radius 3 is 3.00 bits per heavy atom. The number of aromatic nitrogens is 1. The highest BCUT2D eigenvalue weighted by atomic mass is 16.6. The van der Waals surface area contributed by atoms with Gasteiger partial charge in [-0.05, 0) is 12.1 Å². The molecule has 1 rings (SSSR count). The van der Waals surface area contributed by atoms with Gasteiger partial charge < -0.3 is 4.79 Å². The molecule has 0 radical (unpaired) electrons. The van der Waals surface area contributed by atoms with Crippen LogP contribution in [0.15, 0.2) is 24.4 Å². The van der Waals surface area contributed by atoms with Crippen LogP contribution in [0.2, 0.25) is 0 Å². The van der Waals surface area contributed by atoms with E-state index in [4.69, 9.17) is 0 Å². The summed E-state index contributed by atoms with van der Waals surface area (Å²) in [6.07, 6.45) is 5.40. The molecular formula is C9H8N2O3. The molecule has 0 aliphatic heterocycles. The second kappa shape index (κ2) is 4.86. The summed E-state index contributed by atoms with van der Waals surface area (Å²) in [5.41, 5.74) is 0.203. The summed E-state index contributed by atoms with van der Waals surface area (Å²) >= 11 is 0. The molecule has 1 aromatic rings. The average Bonchev–Trinajstić information content (AvgIpc) is 2.19. The fourth-order valence-electron chi connectivity index (χ4n) is 0.927. The number of nitro groups is 1. The smallest absolute Gasteiger partial charge is 0.294 e. The highest BCUT2D eigenvalue weighted by Gasteiger charge is 2.10. The third kappa shape index (κ3) is 2.48. The molecule has 0 amide bonds. The molecular weight excluding hydrogens is 184 g/mol. The molecule has 0 spiro atoms. The predicted octanol–water partition coefficient (Wildman–Crippen LogP) is 1.59. The van der Waals surface area contributed by atoms with Gasteiger partial charge in [-0.1, -0.05) is 6.08 Å². The topological polar surface area (TPSA) is 73.1 Å². The minimum atomic E-state index is -0.506. The zero-order valence-electron chi connectivity index (χ0n) is 7.29. The molecule has 0 N–H and O–H groups in total. The van der Waals surface area contributed by atoms with E-state index >= 15 is 0 Å². The van der Waals surface area contributed by atoms with Gasteiger partial charge in [0, 0.05) is 18.7 Å². The van der Waals surface area contributed by atoms with E-state index in [9.17, 15) is 14.9 Å². The second-order valence-electron chi connectivity index (χ2n) is 2.47. The maximum atomic E-state index is 10.5. The number of allylic oxidation sites excluding steroid dienone is 1. The van der Waals surface area contributed by atoms with Crippen molar-refractivity contribution in [1.29, 1.82) is 0 Å². The number of hydrogen-bond donors (Lipinski definition) is 0. The van der Waals surface area contributed by atoms with Crippen molar-refractivity contribution in [1.82, 2.24) is 4.98 Å². The van der Waals surface area contributed by atoms with Crippen LogP contribution in [0.1, 0.15) is 12.1 Å². The van der Waals surface area contributed by atoms with Gasteiger partial charge in [-0.2, -0.15) is 0 Å². The van der Waals surface area contributed by atoms with Crippen molar-refractivity contribution in [2.75, 3.05) is 0 Å². The highest BCUT2D eigenvalue weighted by molar-refractivity contribution is 5.60. The lowest BCUT2D eigenvalue weighted by atomic mass is 10.2. The van der Waals surface area contributed by atoms with Crippen molar-refractivity contribution in [3.63, 3.8) is 0 Å². The van der Waals surface area contributed by atoms with Crippen LogP contribution in [0.5, 0.6) is 0 Å². The number of pyridine rings is 1. The minimum Gasteiger partial charge on any atom is -0.303 e. The molecule has 1 aromatic heterocycles. The first-order valence-corrected chi connectivity index (χ1v) is 3.95. The van der Waals surface area contributed by atoms with Gasteiger partial charge in [-0.15, -0.1) is 0 Å². The van der Waals surface area contributed by atoms with Crippen LogP contribution in [0.25, 0.3) is 6.08 Å². The van der Waals surface area contributed by atoms with Crippen LogP contribution < -0.4 is 0 Å². The summed E-state index contributed by atoms with van der Waals surface area (Å²) in [7, 11) is 0. The fraction of sp³-hybridized carbons (Fsp3) is 0.111. The average molecular weight is 192 g/mol. The molecule has 0 saturated carbocycles. The summed E-state index contributed by atoms with van der Waals surface area (Å²) in [5.74, 6) is 0. The third-order valence-electron chi connectivity index (χ3n) is 1.52. The van der Waals surface area contributed by atoms with Crippen molar-refractivity contribution in [2.24, 2.45) is 0 Å². The number of aldehydes is 1. The van der Waals surface area contributed by atoms with E-state index in [2.05, 4.69) is 4.98 Å². The van der Waals surface area contributed by atoms with Gasteiger partial charge >= 0.3 is 0 Å². The predicted molar refractivity (Wildman–Crippen MR) is 50.6 cm³/mol. The normalized spacial score (nSPS) is 10.3. The summed E-state index contributed by atoms with van der Waals surface area (Å²) in [6.45, 7) is 0. The van der Waals surface area contributed by atoms with Gasteiger partial charge in [0.1, 0.15) is 12.0 Å². The Morgan fingerprint density at radius 1 is 1.57 bits per heavy atom. The molecule has 5 nitrogen and oxygen atoms in total. The van der Waals surface area contributed by atoms with Gasteiger partial charge in [0.05, 0.1) is 4.92 Å². The van der Waals surface area contributed by atoms with Crippen LogP contribution in [0, 0.1) is 10.1 Å². The molecule has 0 bridgehead atoms. The van der Waals surface area contributed by atoms with Crippen molar-refractivity contribution in [3.8, 4) is 0 Å². The zero-order chi connectivity index (χ0) is 10.4. The molecule has 0 unspecified atom stereocenters. The Labute approximate surface area is 80.2 Å². The van der Waals surface area contributed by atoms with E-state index in [1.54, 1.807) is 0 Å². The minimum absolute atomic E-state index is 0.0605. The van der Waals surface area contributed by atoms with E-state index in [1.807, 2.05) is 0 Å². The lowest BCUT2D eigenvalue weighted by Gasteiger charge is -1.94.